The van der Waals surface area contributed by atoms with Crippen LogP contribution in [0.3, 0.4) is 0 Å². The number of nitrogens with one attached hydrogen (secondary N) is 2. The second-order valence-electron chi connectivity index (χ2n) is 4.86. The molecule has 1 aromatic carbocycles. The summed E-state index contributed by atoms with van der Waals surface area (Å²) in [4.78, 5) is 11.8. The summed E-state index contributed by atoms with van der Waals surface area (Å²) in [6, 6.07) is 6.18. The smallest absolute Gasteiger partial charge is 0.258 e. The van der Waals surface area contributed by atoms with Gasteiger partial charge in [-0.1, -0.05) is 19.1 Å². The number of amides is 1. The molecule has 0 bridgehead atoms. The van der Waals surface area contributed by atoms with Crippen LogP contribution < -0.4 is 15.4 Å². The van der Waals surface area contributed by atoms with Crippen LogP contribution in [-0.4, -0.2) is 31.6 Å². The second-order valence-corrected chi connectivity index (χ2v) is 4.86. The molecule has 1 aliphatic heterocycles. The Morgan fingerprint density at radius 3 is 3.05 bits per heavy atom. The molecule has 5 heteroatoms. The van der Waals surface area contributed by atoms with E-state index in [4.69, 9.17) is 4.74 Å². The maximum Gasteiger partial charge on any atom is 0.258 e. The fourth-order valence-electron chi connectivity index (χ4n) is 2.14. The molecule has 104 valence electrons. The van der Waals surface area contributed by atoms with Crippen molar-refractivity contribution in [2.45, 2.75) is 19.4 Å². The van der Waals surface area contributed by atoms with Crippen molar-refractivity contribution in [3.05, 3.63) is 30.1 Å². The molecule has 0 spiro atoms. The molecular formula is C14H19FN2O2. The minimum absolute atomic E-state index is 0.104. The third-order valence-corrected chi connectivity index (χ3v) is 3.37. The Morgan fingerprint density at radius 2 is 2.32 bits per heavy atom. The van der Waals surface area contributed by atoms with E-state index in [1.54, 1.807) is 12.1 Å². The van der Waals surface area contributed by atoms with E-state index in [2.05, 4.69) is 17.6 Å². The first-order chi connectivity index (χ1) is 9.16. The standard InChI is InChI=1S/C14H19FN2O2/c1-10-6-7-16-8-12(10)17-14(18)9-19-13-5-3-2-4-11(13)15/h2-5,10,12,16H,6-9H2,1H3,(H,17,18). The van der Waals surface area contributed by atoms with Crippen LogP contribution in [0.4, 0.5) is 4.39 Å². The van der Waals surface area contributed by atoms with E-state index in [-0.39, 0.29) is 24.3 Å². The van der Waals surface area contributed by atoms with Crippen LogP contribution >= 0.6 is 0 Å². The van der Waals surface area contributed by atoms with Crippen LogP contribution in [0.25, 0.3) is 0 Å². The van der Waals surface area contributed by atoms with Gasteiger partial charge in [0, 0.05) is 12.6 Å². The fourth-order valence-corrected chi connectivity index (χ4v) is 2.14. The van der Waals surface area contributed by atoms with E-state index in [0.29, 0.717) is 5.92 Å². The molecule has 2 unspecified atom stereocenters. The van der Waals surface area contributed by atoms with Crippen LogP contribution in [0, 0.1) is 11.7 Å². The molecule has 0 aromatic heterocycles. The SMILES string of the molecule is CC1CCNCC1NC(=O)COc1ccccc1F. The summed E-state index contributed by atoms with van der Waals surface area (Å²) < 4.78 is 18.5. The topological polar surface area (TPSA) is 50.4 Å². The number of rotatable bonds is 4. The summed E-state index contributed by atoms with van der Waals surface area (Å²) >= 11 is 0. The lowest BCUT2D eigenvalue weighted by Crippen LogP contribution is -2.51. The molecular weight excluding hydrogens is 247 g/mol. The lowest BCUT2D eigenvalue weighted by atomic mass is 9.95. The third-order valence-electron chi connectivity index (χ3n) is 3.37. The normalized spacial score (nSPS) is 22.8. The highest BCUT2D eigenvalue weighted by molar-refractivity contribution is 5.77. The predicted octanol–water partition coefficient (Wildman–Crippen LogP) is 1.32. The number of carbonyl (C=O) groups excluding carboxylic acids is 1. The van der Waals surface area contributed by atoms with Gasteiger partial charge in [0.1, 0.15) is 0 Å². The van der Waals surface area contributed by atoms with E-state index in [1.807, 2.05) is 0 Å². The van der Waals surface area contributed by atoms with E-state index in [1.165, 1.54) is 12.1 Å². The van der Waals surface area contributed by atoms with Crippen LogP contribution in [0.15, 0.2) is 24.3 Å². The summed E-state index contributed by atoms with van der Waals surface area (Å²) in [5.41, 5.74) is 0. The molecule has 0 radical (unpaired) electrons. The van der Waals surface area contributed by atoms with Gasteiger partial charge in [-0.3, -0.25) is 4.79 Å². The van der Waals surface area contributed by atoms with E-state index in [9.17, 15) is 9.18 Å². The highest BCUT2D eigenvalue weighted by atomic mass is 19.1. The molecule has 1 fully saturated rings. The molecule has 0 aliphatic carbocycles. The van der Waals surface area contributed by atoms with Gasteiger partial charge in [-0.15, -0.1) is 0 Å². The quantitative estimate of drug-likeness (QED) is 0.864. The summed E-state index contributed by atoms with van der Waals surface area (Å²) in [6.45, 7) is 3.71. The minimum atomic E-state index is -0.456. The molecule has 19 heavy (non-hydrogen) atoms. The first kappa shape index (κ1) is 13.8. The largest absolute Gasteiger partial charge is 0.481 e. The predicted molar refractivity (Wildman–Crippen MR) is 70.5 cm³/mol. The van der Waals surface area contributed by atoms with Gasteiger partial charge in [0.05, 0.1) is 0 Å². The van der Waals surface area contributed by atoms with Gasteiger partial charge in [0.15, 0.2) is 18.2 Å². The van der Waals surface area contributed by atoms with E-state index in [0.717, 1.165) is 19.5 Å². The van der Waals surface area contributed by atoms with Crippen LogP contribution in [0.5, 0.6) is 5.75 Å². The van der Waals surface area contributed by atoms with Crippen molar-refractivity contribution >= 4 is 5.91 Å². The Kier molecular flexibility index (Phi) is 4.74. The van der Waals surface area contributed by atoms with E-state index >= 15 is 0 Å². The van der Waals surface area contributed by atoms with Gasteiger partial charge >= 0.3 is 0 Å². The Morgan fingerprint density at radius 1 is 1.53 bits per heavy atom. The van der Waals surface area contributed by atoms with Gasteiger partial charge in [0.2, 0.25) is 0 Å². The average Bonchev–Trinajstić information content (AvgIpc) is 2.40. The maximum absolute atomic E-state index is 13.3. The van der Waals surface area contributed by atoms with Crippen molar-refractivity contribution in [3.8, 4) is 5.75 Å². The zero-order valence-corrected chi connectivity index (χ0v) is 11.0. The number of para-hydroxylation sites is 1. The molecule has 1 aromatic rings. The summed E-state index contributed by atoms with van der Waals surface area (Å²) in [7, 11) is 0. The number of hydrogen-bond donors (Lipinski definition) is 2. The highest BCUT2D eigenvalue weighted by Gasteiger charge is 2.22. The fraction of sp³-hybridized carbons (Fsp3) is 0.500. The molecule has 2 rings (SSSR count). The Hall–Kier alpha value is -1.62. The maximum atomic E-state index is 13.3. The minimum Gasteiger partial charge on any atom is -0.481 e. The number of benzene rings is 1. The van der Waals surface area contributed by atoms with E-state index < -0.39 is 5.82 Å². The van der Waals surface area contributed by atoms with Gasteiger partial charge in [-0.25, -0.2) is 4.39 Å². The van der Waals surface area contributed by atoms with Crippen LogP contribution in [0.2, 0.25) is 0 Å². The monoisotopic (exact) mass is 266 g/mol. The number of ether oxygens (including phenoxy) is 1. The number of halogens is 1. The van der Waals surface area contributed by atoms with Gasteiger partial charge in [-0.05, 0) is 31.0 Å². The number of carbonyl (C=O) groups is 1. The zero-order chi connectivity index (χ0) is 13.7. The molecule has 2 N–H and O–H groups in total. The third kappa shape index (κ3) is 3.92. The van der Waals surface area contributed by atoms with Gasteiger partial charge < -0.3 is 15.4 Å². The van der Waals surface area contributed by atoms with Crippen LogP contribution in [0.1, 0.15) is 13.3 Å². The molecule has 2 atom stereocenters. The first-order valence-electron chi connectivity index (χ1n) is 6.54. The van der Waals surface area contributed by atoms with Crippen molar-refractivity contribution in [2.24, 2.45) is 5.92 Å². The molecule has 1 aliphatic rings. The summed E-state index contributed by atoms with van der Waals surface area (Å²) in [6.07, 6.45) is 1.04. The second kappa shape index (κ2) is 6.52. The molecule has 1 heterocycles. The Balaban J connectivity index is 1.80. The molecule has 1 saturated heterocycles. The number of hydrogen-bond acceptors (Lipinski definition) is 3. The van der Waals surface area contributed by atoms with Crippen molar-refractivity contribution < 1.29 is 13.9 Å². The molecule has 4 nitrogen and oxygen atoms in total. The molecule has 1 amide bonds. The van der Waals surface area contributed by atoms with Crippen molar-refractivity contribution in [1.29, 1.82) is 0 Å². The number of piperidine rings is 1. The lowest BCUT2D eigenvalue weighted by molar-refractivity contribution is -0.124. The Bertz CT molecular complexity index is 439. The zero-order valence-electron chi connectivity index (χ0n) is 11.0. The van der Waals surface area contributed by atoms with Crippen LogP contribution in [-0.2, 0) is 4.79 Å². The summed E-state index contributed by atoms with van der Waals surface area (Å²) in [5.74, 6) is -0.127. The van der Waals surface area contributed by atoms with Crippen molar-refractivity contribution in [2.75, 3.05) is 19.7 Å². The van der Waals surface area contributed by atoms with Gasteiger partial charge in [0.25, 0.3) is 5.91 Å². The average molecular weight is 266 g/mol. The van der Waals surface area contributed by atoms with Crippen molar-refractivity contribution in [3.63, 3.8) is 0 Å². The molecule has 0 saturated carbocycles. The summed E-state index contributed by atoms with van der Waals surface area (Å²) in [5, 5.41) is 6.15. The Labute approximate surface area is 112 Å². The lowest BCUT2D eigenvalue weighted by Gasteiger charge is -2.30. The first-order valence-corrected chi connectivity index (χ1v) is 6.54. The van der Waals surface area contributed by atoms with Crippen molar-refractivity contribution in [1.82, 2.24) is 10.6 Å². The van der Waals surface area contributed by atoms with Gasteiger partial charge in [-0.2, -0.15) is 0 Å². The highest BCUT2D eigenvalue weighted by Crippen LogP contribution is 2.15.